The fourth-order valence-electron chi connectivity index (χ4n) is 7.18. The van der Waals surface area contributed by atoms with Gasteiger partial charge in [-0.05, 0) is 72.2 Å². The standard InChI is InChI=1S/C36H41Cl2F2N3O5/c1-35(2,3)18-29-36(19-41-22-12-14-48-15-13-22,24-10-9-21(37)17-26(24)39)30(23-6-5-7-25(38)31(23)40)32(43-29)33(44)42-27-11-8-20(34(45)46)16-28(27)47-4/h5-11,16-17,22,29-30,32,41,43H,12-15,18-19H2,1-4H3,(H,42,44)(H,45,46)/t29-,30-,32+,36-/m0/s1. The van der Waals surface area contributed by atoms with Crippen LogP contribution in [0.5, 0.6) is 5.75 Å². The normalized spacial score (nSPS) is 23.2. The quantitative estimate of drug-likeness (QED) is 0.177. The number of ether oxygens (including phenoxy) is 2. The van der Waals surface area contributed by atoms with Crippen LogP contribution >= 0.6 is 23.2 Å². The number of carboxylic acid groups (broad SMARTS) is 1. The molecule has 0 radical (unpaired) electrons. The zero-order valence-corrected chi connectivity index (χ0v) is 28.9. The van der Waals surface area contributed by atoms with Crippen molar-refractivity contribution in [2.24, 2.45) is 5.41 Å². The minimum Gasteiger partial charge on any atom is -0.495 e. The van der Waals surface area contributed by atoms with Gasteiger partial charge in [0.15, 0.2) is 0 Å². The van der Waals surface area contributed by atoms with Crippen molar-refractivity contribution in [1.82, 2.24) is 10.6 Å². The maximum absolute atomic E-state index is 16.4. The molecule has 2 fully saturated rings. The molecule has 1 amide bonds. The molecule has 258 valence electrons. The number of hydrogen-bond donors (Lipinski definition) is 4. The summed E-state index contributed by atoms with van der Waals surface area (Å²) in [5.41, 5.74) is -0.889. The number of carboxylic acids is 1. The number of carbonyl (C=O) groups is 2. The molecule has 8 nitrogen and oxygen atoms in total. The lowest BCUT2D eigenvalue weighted by atomic mass is 9.61. The van der Waals surface area contributed by atoms with Crippen molar-refractivity contribution in [2.75, 3.05) is 32.2 Å². The van der Waals surface area contributed by atoms with Crippen LogP contribution in [0.15, 0.2) is 54.6 Å². The average Bonchev–Trinajstić information content (AvgIpc) is 3.34. The maximum Gasteiger partial charge on any atom is 0.335 e. The van der Waals surface area contributed by atoms with Crippen molar-refractivity contribution in [3.05, 3.63) is 93.0 Å². The van der Waals surface area contributed by atoms with Gasteiger partial charge in [-0.25, -0.2) is 13.6 Å². The van der Waals surface area contributed by atoms with Gasteiger partial charge >= 0.3 is 5.97 Å². The predicted octanol–water partition coefficient (Wildman–Crippen LogP) is 7.18. The first-order chi connectivity index (χ1) is 22.7. The molecule has 3 aromatic carbocycles. The average molecular weight is 705 g/mol. The Kier molecular flexibility index (Phi) is 11.0. The van der Waals surface area contributed by atoms with Crippen molar-refractivity contribution >= 4 is 40.8 Å². The molecule has 0 aliphatic carbocycles. The first kappa shape index (κ1) is 36.0. The van der Waals surface area contributed by atoms with E-state index in [9.17, 15) is 14.7 Å². The van der Waals surface area contributed by atoms with Gasteiger partial charge in [0.05, 0.1) is 29.4 Å². The largest absolute Gasteiger partial charge is 0.495 e. The molecule has 0 aromatic heterocycles. The van der Waals surface area contributed by atoms with E-state index >= 15 is 8.78 Å². The van der Waals surface area contributed by atoms with Crippen LogP contribution < -0.4 is 20.7 Å². The highest BCUT2D eigenvalue weighted by Crippen LogP contribution is 2.53. The predicted molar refractivity (Wildman–Crippen MR) is 182 cm³/mol. The number of anilines is 1. The van der Waals surface area contributed by atoms with E-state index in [1.807, 2.05) is 0 Å². The Hall–Kier alpha value is -3.28. The SMILES string of the molecule is COc1cc(C(=O)O)ccc1NC(=O)[C@@H]1N[C@@H](CC(C)(C)C)[C@](CNC2CCOCC2)(c2ccc(Cl)cc2F)[C@H]1c1cccc(Cl)c1F. The Bertz CT molecular complexity index is 1660. The Balaban J connectivity index is 1.72. The second-order valence-electron chi connectivity index (χ2n) is 13.7. The number of halogens is 4. The van der Waals surface area contributed by atoms with E-state index < -0.39 is 46.9 Å². The first-order valence-electron chi connectivity index (χ1n) is 15.9. The van der Waals surface area contributed by atoms with E-state index in [1.54, 1.807) is 24.3 Å². The first-order valence-corrected chi connectivity index (χ1v) is 16.7. The summed E-state index contributed by atoms with van der Waals surface area (Å²) in [7, 11) is 1.37. The minimum absolute atomic E-state index is 0.0237. The number of amides is 1. The van der Waals surface area contributed by atoms with Crippen LogP contribution in [0.4, 0.5) is 14.5 Å². The van der Waals surface area contributed by atoms with Gasteiger partial charge in [-0.3, -0.25) is 4.79 Å². The lowest BCUT2D eigenvalue weighted by Crippen LogP contribution is -2.54. The van der Waals surface area contributed by atoms with Crippen LogP contribution in [-0.4, -0.2) is 62.0 Å². The lowest BCUT2D eigenvalue weighted by Gasteiger charge is -2.44. The molecule has 4 N–H and O–H groups in total. The Morgan fingerprint density at radius 3 is 2.46 bits per heavy atom. The molecule has 3 aromatic rings. The summed E-state index contributed by atoms with van der Waals surface area (Å²) in [4.78, 5) is 26.1. The molecule has 0 bridgehead atoms. The molecule has 0 spiro atoms. The van der Waals surface area contributed by atoms with E-state index in [0.29, 0.717) is 19.6 Å². The molecule has 5 rings (SSSR count). The number of nitrogens with one attached hydrogen (secondary N) is 3. The molecule has 2 aliphatic rings. The van der Waals surface area contributed by atoms with Crippen molar-refractivity contribution in [3.63, 3.8) is 0 Å². The fourth-order valence-corrected chi connectivity index (χ4v) is 7.52. The van der Waals surface area contributed by atoms with E-state index in [0.717, 1.165) is 12.8 Å². The third-order valence-electron chi connectivity index (χ3n) is 9.35. The highest BCUT2D eigenvalue weighted by Gasteiger charge is 2.60. The second kappa shape index (κ2) is 14.7. The molecular weight excluding hydrogens is 663 g/mol. The molecule has 0 saturated carbocycles. The number of aromatic carboxylic acids is 1. The van der Waals surface area contributed by atoms with Crippen LogP contribution in [0.1, 0.15) is 67.4 Å². The van der Waals surface area contributed by atoms with Crippen molar-refractivity contribution < 1.29 is 33.0 Å². The summed E-state index contributed by atoms with van der Waals surface area (Å²) in [6, 6.07) is 11.6. The number of benzene rings is 3. The number of hydrogen-bond acceptors (Lipinski definition) is 6. The topological polar surface area (TPSA) is 109 Å². The van der Waals surface area contributed by atoms with E-state index in [-0.39, 0.29) is 56.2 Å². The summed E-state index contributed by atoms with van der Waals surface area (Å²) in [6.07, 6.45) is 1.97. The highest BCUT2D eigenvalue weighted by atomic mass is 35.5. The van der Waals surface area contributed by atoms with Gasteiger partial charge in [0.2, 0.25) is 5.91 Å². The number of carbonyl (C=O) groups excluding carboxylic acids is 1. The fraction of sp³-hybridized carbons (Fsp3) is 0.444. The molecule has 12 heteroatoms. The molecular formula is C36H41Cl2F2N3O5. The molecule has 2 saturated heterocycles. The zero-order valence-electron chi connectivity index (χ0n) is 27.3. The van der Waals surface area contributed by atoms with Gasteiger partial charge in [-0.2, -0.15) is 0 Å². The van der Waals surface area contributed by atoms with Gasteiger partial charge in [0, 0.05) is 48.2 Å². The van der Waals surface area contributed by atoms with Crippen LogP contribution in [0.2, 0.25) is 10.0 Å². The molecule has 2 aliphatic heterocycles. The van der Waals surface area contributed by atoms with Gasteiger partial charge in [-0.1, -0.05) is 62.2 Å². The van der Waals surface area contributed by atoms with Crippen molar-refractivity contribution in [2.45, 2.75) is 69.5 Å². The Morgan fingerprint density at radius 1 is 1.08 bits per heavy atom. The summed E-state index contributed by atoms with van der Waals surface area (Å²) in [5.74, 6) is -3.81. The summed E-state index contributed by atoms with van der Waals surface area (Å²) in [6.45, 7) is 7.51. The monoisotopic (exact) mass is 703 g/mol. The third kappa shape index (κ3) is 7.48. The number of methoxy groups -OCH3 is 1. The number of rotatable bonds is 10. The lowest BCUT2D eigenvalue weighted by molar-refractivity contribution is -0.118. The zero-order chi connectivity index (χ0) is 34.8. The molecule has 48 heavy (non-hydrogen) atoms. The van der Waals surface area contributed by atoms with E-state index in [2.05, 4.69) is 36.7 Å². The summed E-state index contributed by atoms with van der Waals surface area (Å²) < 4.78 is 43.7. The smallest absolute Gasteiger partial charge is 0.335 e. The highest BCUT2D eigenvalue weighted by molar-refractivity contribution is 6.31. The van der Waals surface area contributed by atoms with Crippen molar-refractivity contribution in [1.29, 1.82) is 0 Å². The Labute approximate surface area is 289 Å². The molecule has 4 atom stereocenters. The van der Waals surface area contributed by atoms with Gasteiger partial charge < -0.3 is 30.5 Å². The second-order valence-corrected chi connectivity index (χ2v) is 14.6. The van der Waals surface area contributed by atoms with Crippen LogP contribution in [-0.2, 0) is 14.9 Å². The van der Waals surface area contributed by atoms with E-state index in [1.165, 1.54) is 37.4 Å². The maximum atomic E-state index is 16.4. The van der Waals surface area contributed by atoms with Gasteiger partial charge in [-0.15, -0.1) is 0 Å². The minimum atomic E-state index is -1.23. The van der Waals surface area contributed by atoms with Crippen LogP contribution in [0, 0.1) is 17.0 Å². The van der Waals surface area contributed by atoms with E-state index in [4.69, 9.17) is 32.7 Å². The Morgan fingerprint density at radius 2 is 1.81 bits per heavy atom. The summed E-state index contributed by atoms with van der Waals surface area (Å²) in [5, 5.41) is 19.6. The molecule has 0 unspecified atom stereocenters. The van der Waals surface area contributed by atoms with Gasteiger partial charge in [0.25, 0.3) is 0 Å². The van der Waals surface area contributed by atoms with Gasteiger partial charge in [0.1, 0.15) is 17.4 Å². The van der Waals surface area contributed by atoms with Crippen molar-refractivity contribution in [3.8, 4) is 5.75 Å². The molecule has 2 heterocycles. The van der Waals surface area contributed by atoms with Crippen LogP contribution in [0.3, 0.4) is 0 Å². The third-order valence-corrected chi connectivity index (χ3v) is 9.88. The van der Waals surface area contributed by atoms with Crippen LogP contribution in [0.25, 0.3) is 0 Å². The summed E-state index contributed by atoms with van der Waals surface area (Å²) >= 11 is 12.6.